The molecule has 0 aliphatic heterocycles. The van der Waals surface area contributed by atoms with Crippen molar-refractivity contribution in [2.24, 2.45) is 0 Å². The standard InChI is InChI=1S/C13H17N3O2S/c1-8-14-11-12(18)9(7-10(17)13(11)19-8)16(4)6-5-15(2)3/h7H,5-6H2,1-4H3. The molecule has 6 heteroatoms. The zero-order valence-electron chi connectivity index (χ0n) is 11.6. The van der Waals surface area contributed by atoms with Gasteiger partial charge in [-0.1, -0.05) is 0 Å². The van der Waals surface area contributed by atoms with Crippen molar-refractivity contribution in [3.63, 3.8) is 0 Å². The largest absolute Gasteiger partial charge is 0.370 e. The van der Waals surface area contributed by atoms with Crippen LogP contribution >= 0.6 is 11.3 Å². The van der Waals surface area contributed by atoms with Gasteiger partial charge in [-0.05, 0) is 21.0 Å². The van der Waals surface area contributed by atoms with E-state index < -0.39 is 0 Å². The topological polar surface area (TPSA) is 53.5 Å². The molecule has 1 aliphatic carbocycles. The fourth-order valence-electron chi connectivity index (χ4n) is 1.88. The Hall–Kier alpha value is -1.53. The van der Waals surface area contributed by atoms with Crippen LogP contribution in [0.2, 0.25) is 0 Å². The lowest BCUT2D eigenvalue weighted by Gasteiger charge is -2.24. The summed E-state index contributed by atoms with van der Waals surface area (Å²) in [5.74, 6) is -0.271. The highest BCUT2D eigenvalue weighted by atomic mass is 32.1. The first-order valence-corrected chi connectivity index (χ1v) is 6.86. The normalized spacial score (nSPS) is 14.7. The fourth-order valence-corrected chi connectivity index (χ4v) is 2.71. The second-order valence-electron chi connectivity index (χ2n) is 4.86. The van der Waals surface area contributed by atoms with Crippen molar-refractivity contribution in [1.29, 1.82) is 0 Å². The molecule has 0 spiro atoms. The predicted octanol–water partition coefficient (Wildman–Crippen LogP) is 1.21. The minimum absolute atomic E-state index is 0.119. The van der Waals surface area contributed by atoms with Crippen LogP contribution in [0.1, 0.15) is 25.2 Å². The van der Waals surface area contributed by atoms with Gasteiger partial charge in [-0.25, -0.2) is 4.98 Å². The molecule has 1 aromatic rings. The van der Waals surface area contributed by atoms with Crippen LogP contribution in [0, 0.1) is 6.92 Å². The molecule has 19 heavy (non-hydrogen) atoms. The number of fused-ring (bicyclic) bond motifs is 1. The number of likely N-dealkylation sites (N-methyl/N-ethyl adjacent to an activating group) is 2. The third-order valence-electron chi connectivity index (χ3n) is 2.97. The van der Waals surface area contributed by atoms with Gasteiger partial charge in [0, 0.05) is 26.2 Å². The number of Topliss-reactive ketones (excluding diaryl/α,β-unsaturated/α-hetero) is 1. The molecule has 0 unspecified atom stereocenters. The quantitative estimate of drug-likeness (QED) is 0.829. The van der Waals surface area contributed by atoms with Crippen LogP contribution in [0.25, 0.3) is 0 Å². The molecule has 5 nitrogen and oxygen atoms in total. The second-order valence-corrected chi connectivity index (χ2v) is 6.06. The van der Waals surface area contributed by atoms with Gasteiger partial charge in [0.2, 0.25) is 5.78 Å². The predicted molar refractivity (Wildman–Crippen MR) is 74.8 cm³/mol. The van der Waals surface area contributed by atoms with Crippen LogP contribution in [-0.2, 0) is 0 Å². The van der Waals surface area contributed by atoms with Crippen LogP contribution in [0.15, 0.2) is 11.8 Å². The molecule has 1 aliphatic rings. The molecule has 0 atom stereocenters. The van der Waals surface area contributed by atoms with Gasteiger partial charge in [-0.2, -0.15) is 0 Å². The van der Waals surface area contributed by atoms with Crippen molar-refractivity contribution in [3.8, 4) is 0 Å². The van der Waals surface area contributed by atoms with Gasteiger partial charge in [0.15, 0.2) is 5.78 Å². The van der Waals surface area contributed by atoms with Gasteiger partial charge in [0.05, 0.1) is 10.7 Å². The van der Waals surface area contributed by atoms with E-state index in [1.807, 2.05) is 30.9 Å². The fraction of sp³-hybridized carbons (Fsp3) is 0.462. The summed E-state index contributed by atoms with van der Waals surface area (Å²) >= 11 is 1.28. The maximum atomic E-state index is 12.3. The lowest BCUT2D eigenvalue weighted by molar-refractivity contribution is 0.0954. The Bertz CT molecular complexity index is 560. The number of ketones is 2. The maximum absolute atomic E-state index is 12.3. The average Bonchev–Trinajstić information content (AvgIpc) is 2.73. The van der Waals surface area contributed by atoms with E-state index in [1.165, 1.54) is 17.4 Å². The van der Waals surface area contributed by atoms with Crippen molar-refractivity contribution < 1.29 is 9.59 Å². The van der Waals surface area contributed by atoms with E-state index in [4.69, 9.17) is 0 Å². The number of thiazole rings is 1. The van der Waals surface area contributed by atoms with E-state index in [1.54, 1.807) is 6.92 Å². The molecule has 1 aromatic heterocycles. The molecule has 0 amide bonds. The van der Waals surface area contributed by atoms with Crippen LogP contribution < -0.4 is 0 Å². The third-order valence-corrected chi connectivity index (χ3v) is 3.95. The van der Waals surface area contributed by atoms with Crippen LogP contribution in [-0.4, -0.2) is 60.6 Å². The minimum atomic E-state index is -0.153. The zero-order chi connectivity index (χ0) is 14.2. The van der Waals surface area contributed by atoms with Gasteiger partial charge < -0.3 is 9.80 Å². The number of hydrogen-bond acceptors (Lipinski definition) is 6. The van der Waals surface area contributed by atoms with Crippen LogP contribution in [0.5, 0.6) is 0 Å². The smallest absolute Gasteiger partial charge is 0.229 e. The molecule has 0 bridgehead atoms. The summed E-state index contributed by atoms with van der Waals surface area (Å²) in [6.07, 6.45) is 1.43. The molecular weight excluding hydrogens is 262 g/mol. The van der Waals surface area contributed by atoms with E-state index >= 15 is 0 Å². The monoisotopic (exact) mass is 279 g/mol. The van der Waals surface area contributed by atoms with Crippen molar-refractivity contribution in [3.05, 3.63) is 27.4 Å². The average molecular weight is 279 g/mol. The van der Waals surface area contributed by atoms with E-state index in [-0.39, 0.29) is 11.6 Å². The lowest BCUT2D eigenvalue weighted by Crippen LogP contribution is -2.33. The zero-order valence-corrected chi connectivity index (χ0v) is 12.4. The molecular formula is C13H17N3O2S. The number of aryl methyl sites for hydroxylation is 1. The Kier molecular flexibility index (Phi) is 3.82. The SMILES string of the molecule is Cc1nc2c(s1)C(=O)C=C(N(C)CCN(C)C)C2=O. The Morgan fingerprint density at radius 1 is 1.21 bits per heavy atom. The molecule has 102 valence electrons. The van der Waals surface area contributed by atoms with Gasteiger partial charge >= 0.3 is 0 Å². The Morgan fingerprint density at radius 3 is 2.53 bits per heavy atom. The summed E-state index contributed by atoms with van der Waals surface area (Å²) in [5.41, 5.74) is 0.742. The highest BCUT2D eigenvalue weighted by Crippen LogP contribution is 2.27. The maximum Gasteiger partial charge on any atom is 0.229 e. The highest BCUT2D eigenvalue weighted by molar-refractivity contribution is 7.14. The highest BCUT2D eigenvalue weighted by Gasteiger charge is 2.31. The summed E-state index contributed by atoms with van der Waals surface area (Å²) in [6, 6.07) is 0. The number of nitrogens with zero attached hydrogens (tertiary/aromatic N) is 3. The van der Waals surface area contributed by atoms with Crippen LogP contribution in [0.4, 0.5) is 0 Å². The molecule has 0 aromatic carbocycles. The number of allylic oxidation sites excluding steroid dienone is 2. The molecule has 0 fully saturated rings. The van der Waals surface area contributed by atoms with Gasteiger partial charge in [0.1, 0.15) is 10.6 Å². The summed E-state index contributed by atoms with van der Waals surface area (Å²) < 4.78 is 0. The van der Waals surface area contributed by atoms with Gasteiger partial charge in [-0.15, -0.1) is 11.3 Å². The van der Waals surface area contributed by atoms with Gasteiger partial charge in [-0.3, -0.25) is 9.59 Å². The Labute approximate surface area is 116 Å². The number of aromatic nitrogens is 1. The molecule has 1 heterocycles. The van der Waals surface area contributed by atoms with Crippen molar-refractivity contribution in [2.75, 3.05) is 34.2 Å². The lowest BCUT2D eigenvalue weighted by atomic mass is 10.0. The number of carbonyl (C=O) groups excluding carboxylic acids is 2. The third kappa shape index (κ3) is 2.74. The first-order valence-electron chi connectivity index (χ1n) is 6.04. The number of hydrogen-bond donors (Lipinski definition) is 0. The van der Waals surface area contributed by atoms with E-state index in [2.05, 4.69) is 4.98 Å². The molecule has 0 N–H and O–H groups in total. The Balaban J connectivity index is 2.24. The summed E-state index contributed by atoms with van der Waals surface area (Å²) in [7, 11) is 5.76. The van der Waals surface area contributed by atoms with E-state index in [9.17, 15) is 9.59 Å². The van der Waals surface area contributed by atoms with Crippen LogP contribution in [0.3, 0.4) is 0 Å². The van der Waals surface area contributed by atoms with Gasteiger partial charge in [0.25, 0.3) is 0 Å². The number of carbonyl (C=O) groups is 2. The Morgan fingerprint density at radius 2 is 1.89 bits per heavy atom. The van der Waals surface area contributed by atoms with Crippen molar-refractivity contribution in [2.45, 2.75) is 6.92 Å². The molecule has 2 rings (SSSR count). The van der Waals surface area contributed by atoms with Crippen molar-refractivity contribution in [1.82, 2.24) is 14.8 Å². The molecule has 0 saturated heterocycles. The first kappa shape index (κ1) is 13.9. The number of rotatable bonds is 4. The first-order chi connectivity index (χ1) is 8.90. The van der Waals surface area contributed by atoms with E-state index in [0.29, 0.717) is 22.8 Å². The minimum Gasteiger partial charge on any atom is -0.370 e. The van der Waals surface area contributed by atoms with E-state index in [0.717, 1.165) is 11.6 Å². The second kappa shape index (κ2) is 5.22. The summed E-state index contributed by atoms with van der Waals surface area (Å²) in [5, 5.41) is 0.747. The van der Waals surface area contributed by atoms with Crippen molar-refractivity contribution >= 4 is 22.9 Å². The molecule has 0 radical (unpaired) electrons. The summed E-state index contributed by atoms with van der Waals surface area (Å²) in [6.45, 7) is 3.31. The molecule has 0 saturated carbocycles. The summed E-state index contributed by atoms with van der Waals surface area (Å²) in [4.78, 5) is 32.8.